The second kappa shape index (κ2) is 6.91. The Balaban J connectivity index is 1.75. The van der Waals surface area contributed by atoms with E-state index in [1.165, 1.54) is 0 Å². The quantitative estimate of drug-likeness (QED) is 0.606. The van der Waals surface area contributed by atoms with Crippen molar-refractivity contribution >= 4 is 5.97 Å². The maximum atomic E-state index is 11.4. The standard InChI is InChI=1S/C16H23NO4/c1-16(15(19)20,17-13-5-6-13)9-2-10-21-14-7-3-12(11-18)4-8-14/h3-4,7-8,13,17-18H,2,5-6,9-11H2,1H3,(H,19,20). The molecule has 5 heteroatoms. The summed E-state index contributed by atoms with van der Waals surface area (Å²) in [6.07, 6.45) is 3.34. The van der Waals surface area contributed by atoms with Crippen LogP contribution in [-0.2, 0) is 11.4 Å². The van der Waals surface area contributed by atoms with Gasteiger partial charge in [0.05, 0.1) is 13.2 Å². The van der Waals surface area contributed by atoms with Crippen molar-refractivity contribution < 1.29 is 19.7 Å². The van der Waals surface area contributed by atoms with Gasteiger partial charge in [-0.1, -0.05) is 12.1 Å². The predicted molar refractivity (Wildman–Crippen MR) is 79.3 cm³/mol. The summed E-state index contributed by atoms with van der Waals surface area (Å²) in [5.41, 5.74) is -0.0277. The van der Waals surface area contributed by atoms with Gasteiger partial charge in [0.15, 0.2) is 0 Å². The minimum atomic E-state index is -0.870. The second-order valence-corrected chi connectivity index (χ2v) is 5.81. The number of carbonyl (C=O) groups is 1. The number of rotatable bonds is 9. The normalized spacial score (nSPS) is 17.2. The number of aliphatic hydroxyl groups is 1. The zero-order valence-electron chi connectivity index (χ0n) is 12.3. The van der Waals surface area contributed by atoms with Crippen LogP contribution in [0.15, 0.2) is 24.3 Å². The Morgan fingerprint density at radius 1 is 1.38 bits per heavy atom. The molecule has 1 fully saturated rings. The van der Waals surface area contributed by atoms with Crippen molar-refractivity contribution in [2.24, 2.45) is 0 Å². The molecule has 0 saturated heterocycles. The molecule has 1 aromatic carbocycles. The third kappa shape index (κ3) is 4.72. The van der Waals surface area contributed by atoms with Gasteiger partial charge in [0.25, 0.3) is 0 Å². The van der Waals surface area contributed by atoms with Crippen molar-refractivity contribution in [3.05, 3.63) is 29.8 Å². The minimum absolute atomic E-state index is 0.0179. The number of hydrogen-bond acceptors (Lipinski definition) is 4. The molecule has 0 aliphatic heterocycles. The Morgan fingerprint density at radius 2 is 2.05 bits per heavy atom. The maximum Gasteiger partial charge on any atom is 0.323 e. The monoisotopic (exact) mass is 293 g/mol. The van der Waals surface area contributed by atoms with E-state index < -0.39 is 11.5 Å². The number of aliphatic carboxylic acids is 1. The summed E-state index contributed by atoms with van der Waals surface area (Å²) in [4.78, 5) is 11.4. The van der Waals surface area contributed by atoms with Crippen molar-refractivity contribution in [3.63, 3.8) is 0 Å². The van der Waals surface area contributed by atoms with Crippen molar-refractivity contribution in [2.45, 2.75) is 50.8 Å². The lowest BCUT2D eigenvalue weighted by Crippen LogP contribution is -2.50. The molecule has 5 nitrogen and oxygen atoms in total. The number of carboxylic acids is 1. The summed E-state index contributed by atoms with van der Waals surface area (Å²) >= 11 is 0. The summed E-state index contributed by atoms with van der Waals surface area (Å²) in [6, 6.07) is 7.60. The van der Waals surface area contributed by atoms with E-state index in [0.717, 1.165) is 24.2 Å². The summed E-state index contributed by atoms with van der Waals surface area (Å²) in [5, 5.41) is 21.5. The molecule has 1 aliphatic rings. The highest BCUT2D eigenvalue weighted by atomic mass is 16.5. The van der Waals surface area contributed by atoms with Crippen LogP contribution in [0.2, 0.25) is 0 Å². The number of ether oxygens (including phenoxy) is 1. The lowest BCUT2D eigenvalue weighted by Gasteiger charge is -2.26. The molecule has 0 aromatic heterocycles. The fourth-order valence-corrected chi connectivity index (χ4v) is 2.23. The summed E-state index contributed by atoms with van der Waals surface area (Å²) in [7, 11) is 0. The first-order valence-electron chi connectivity index (χ1n) is 7.37. The molecule has 0 radical (unpaired) electrons. The Hall–Kier alpha value is -1.59. The lowest BCUT2D eigenvalue weighted by molar-refractivity contribution is -0.144. The molecule has 1 atom stereocenters. The zero-order chi connectivity index (χ0) is 15.3. The van der Waals surface area contributed by atoms with Crippen molar-refractivity contribution in [3.8, 4) is 5.75 Å². The molecule has 0 bridgehead atoms. The average molecular weight is 293 g/mol. The summed E-state index contributed by atoms with van der Waals surface area (Å²) in [5.74, 6) is -0.0684. The van der Waals surface area contributed by atoms with Crippen LogP contribution in [0.5, 0.6) is 5.75 Å². The van der Waals surface area contributed by atoms with E-state index in [0.29, 0.717) is 25.5 Å². The minimum Gasteiger partial charge on any atom is -0.494 e. The first-order valence-corrected chi connectivity index (χ1v) is 7.37. The van der Waals surface area contributed by atoms with Crippen LogP contribution in [0.25, 0.3) is 0 Å². The van der Waals surface area contributed by atoms with Gasteiger partial charge >= 0.3 is 5.97 Å². The van der Waals surface area contributed by atoms with E-state index in [9.17, 15) is 9.90 Å². The highest BCUT2D eigenvalue weighted by Crippen LogP contribution is 2.25. The largest absolute Gasteiger partial charge is 0.494 e. The number of hydrogen-bond donors (Lipinski definition) is 3. The molecule has 2 rings (SSSR count). The highest BCUT2D eigenvalue weighted by Gasteiger charge is 2.37. The number of aliphatic hydroxyl groups excluding tert-OH is 1. The van der Waals surface area contributed by atoms with Crippen LogP contribution >= 0.6 is 0 Å². The van der Waals surface area contributed by atoms with Gasteiger partial charge in [-0.25, -0.2) is 0 Å². The molecule has 1 aliphatic carbocycles. The summed E-state index contributed by atoms with van der Waals surface area (Å²) < 4.78 is 5.60. The topological polar surface area (TPSA) is 78.8 Å². The lowest BCUT2D eigenvalue weighted by atomic mass is 9.96. The van der Waals surface area contributed by atoms with Crippen LogP contribution in [-0.4, -0.2) is 34.4 Å². The molecular formula is C16H23NO4. The average Bonchev–Trinajstić information content (AvgIpc) is 3.28. The Morgan fingerprint density at radius 3 is 2.57 bits per heavy atom. The Labute approximate surface area is 124 Å². The Bertz CT molecular complexity index is 470. The number of benzene rings is 1. The molecule has 3 N–H and O–H groups in total. The van der Waals surface area contributed by atoms with Gasteiger partial charge in [-0.2, -0.15) is 0 Å². The van der Waals surface area contributed by atoms with Gasteiger partial charge in [-0.05, 0) is 50.3 Å². The zero-order valence-corrected chi connectivity index (χ0v) is 12.3. The molecule has 0 amide bonds. The van der Waals surface area contributed by atoms with E-state index >= 15 is 0 Å². The van der Waals surface area contributed by atoms with Gasteiger partial charge < -0.3 is 14.9 Å². The molecule has 1 unspecified atom stereocenters. The van der Waals surface area contributed by atoms with Crippen LogP contribution in [0, 0.1) is 0 Å². The second-order valence-electron chi connectivity index (χ2n) is 5.81. The van der Waals surface area contributed by atoms with Crippen molar-refractivity contribution in [1.82, 2.24) is 5.32 Å². The summed E-state index contributed by atoms with van der Waals surface area (Å²) in [6.45, 7) is 2.24. The van der Waals surface area contributed by atoms with E-state index in [2.05, 4.69) is 5.32 Å². The van der Waals surface area contributed by atoms with Crippen LogP contribution < -0.4 is 10.1 Å². The Kier molecular flexibility index (Phi) is 5.20. The first-order chi connectivity index (χ1) is 10.0. The number of nitrogens with one attached hydrogen (secondary N) is 1. The molecule has 21 heavy (non-hydrogen) atoms. The third-order valence-corrected chi connectivity index (χ3v) is 3.77. The van der Waals surface area contributed by atoms with E-state index in [4.69, 9.17) is 9.84 Å². The SMILES string of the molecule is CC(CCCOc1ccc(CO)cc1)(NC1CC1)C(=O)O. The molecule has 0 spiro atoms. The predicted octanol–water partition coefficient (Wildman–Crippen LogP) is 1.93. The van der Waals surface area contributed by atoms with Gasteiger partial charge in [0.1, 0.15) is 11.3 Å². The van der Waals surface area contributed by atoms with Crippen LogP contribution in [0.4, 0.5) is 0 Å². The fourth-order valence-electron chi connectivity index (χ4n) is 2.23. The third-order valence-electron chi connectivity index (χ3n) is 3.77. The number of carboxylic acid groups (broad SMARTS) is 1. The molecule has 0 heterocycles. The van der Waals surface area contributed by atoms with E-state index in [-0.39, 0.29) is 6.61 Å². The highest BCUT2D eigenvalue weighted by molar-refractivity contribution is 5.78. The van der Waals surface area contributed by atoms with E-state index in [1.807, 2.05) is 24.3 Å². The smallest absolute Gasteiger partial charge is 0.323 e. The molecule has 1 saturated carbocycles. The van der Waals surface area contributed by atoms with Crippen LogP contribution in [0.3, 0.4) is 0 Å². The fraction of sp³-hybridized carbons (Fsp3) is 0.562. The van der Waals surface area contributed by atoms with Crippen molar-refractivity contribution in [1.29, 1.82) is 0 Å². The first kappa shape index (κ1) is 15.8. The van der Waals surface area contributed by atoms with Gasteiger partial charge in [-0.3, -0.25) is 10.1 Å². The molecule has 116 valence electrons. The molecular weight excluding hydrogens is 270 g/mol. The van der Waals surface area contributed by atoms with Gasteiger partial charge in [-0.15, -0.1) is 0 Å². The van der Waals surface area contributed by atoms with Gasteiger partial charge in [0, 0.05) is 6.04 Å². The molecule has 1 aromatic rings. The maximum absolute atomic E-state index is 11.4. The van der Waals surface area contributed by atoms with Gasteiger partial charge in [0.2, 0.25) is 0 Å². The van der Waals surface area contributed by atoms with Crippen molar-refractivity contribution in [2.75, 3.05) is 6.61 Å². The van der Waals surface area contributed by atoms with E-state index in [1.54, 1.807) is 6.92 Å². The van der Waals surface area contributed by atoms with Crippen LogP contribution in [0.1, 0.15) is 38.2 Å².